The van der Waals surface area contributed by atoms with Gasteiger partial charge in [-0.05, 0) is 32.6 Å². The lowest BCUT2D eigenvalue weighted by atomic mass is 9.80. The third-order valence-corrected chi connectivity index (χ3v) is 6.33. The number of fused-ring (bicyclic) bond motifs is 4. The van der Waals surface area contributed by atoms with E-state index in [0.717, 1.165) is 0 Å². The molecule has 0 aromatic carbocycles. The summed E-state index contributed by atoms with van der Waals surface area (Å²) in [5.41, 5.74) is -0.944. The molecule has 6 unspecified atom stereocenters. The van der Waals surface area contributed by atoms with E-state index in [4.69, 9.17) is 14.2 Å². The Labute approximate surface area is 187 Å². The minimum Gasteiger partial charge on any atom is -0.458 e. The SMILES string of the molecule is CC(F)(F)C(=O)OC1CCC2CC1(C)OC2=O.CC(F)(F)C(=O)OC1CCC2CC1OC2=O. The van der Waals surface area contributed by atoms with Crippen LogP contribution in [0.4, 0.5) is 17.6 Å². The first kappa shape index (κ1) is 25.2. The van der Waals surface area contributed by atoms with Crippen molar-refractivity contribution in [3.05, 3.63) is 0 Å². The van der Waals surface area contributed by atoms with E-state index in [9.17, 15) is 36.7 Å². The van der Waals surface area contributed by atoms with Crippen molar-refractivity contribution in [2.45, 2.75) is 95.1 Å². The van der Waals surface area contributed by atoms with Gasteiger partial charge in [-0.1, -0.05) is 0 Å². The number of hydrogen-bond donors (Lipinski definition) is 0. The largest absolute Gasteiger partial charge is 0.458 e. The van der Waals surface area contributed by atoms with E-state index in [1.165, 1.54) is 0 Å². The molecule has 0 spiro atoms. The number of carbonyl (C=O) groups is 4. The van der Waals surface area contributed by atoms with Crippen molar-refractivity contribution in [3.8, 4) is 0 Å². The van der Waals surface area contributed by atoms with Gasteiger partial charge in [-0.15, -0.1) is 0 Å². The molecule has 4 fully saturated rings. The quantitative estimate of drug-likeness (QED) is 0.342. The zero-order chi connectivity index (χ0) is 24.8. The van der Waals surface area contributed by atoms with Gasteiger partial charge in [0.15, 0.2) is 0 Å². The van der Waals surface area contributed by atoms with Crippen molar-refractivity contribution in [1.29, 1.82) is 0 Å². The molecule has 2 aliphatic heterocycles. The van der Waals surface area contributed by atoms with Crippen molar-refractivity contribution >= 4 is 23.9 Å². The molecule has 33 heavy (non-hydrogen) atoms. The Kier molecular flexibility index (Phi) is 6.69. The van der Waals surface area contributed by atoms with Gasteiger partial charge in [0.05, 0.1) is 11.8 Å². The third-order valence-electron chi connectivity index (χ3n) is 6.33. The molecule has 0 aromatic heterocycles. The van der Waals surface area contributed by atoms with Crippen molar-refractivity contribution in [1.82, 2.24) is 0 Å². The summed E-state index contributed by atoms with van der Waals surface area (Å²) in [5.74, 6) is -11.1. The Bertz CT molecular complexity index is 820. The normalized spacial score (nSPS) is 35.1. The number of esters is 4. The molecule has 2 heterocycles. The molecule has 6 atom stereocenters. The van der Waals surface area contributed by atoms with Crippen LogP contribution < -0.4 is 0 Å². The molecule has 8 nitrogen and oxygen atoms in total. The van der Waals surface area contributed by atoms with Gasteiger partial charge in [-0.2, -0.15) is 17.6 Å². The van der Waals surface area contributed by atoms with Gasteiger partial charge < -0.3 is 18.9 Å². The molecule has 4 aliphatic rings. The highest BCUT2D eigenvalue weighted by Gasteiger charge is 2.55. The third kappa shape index (κ3) is 5.57. The number of hydrogen-bond acceptors (Lipinski definition) is 8. The Balaban J connectivity index is 0.000000186. The molecule has 186 valence electrons. The Hall–Kier alpha value is -2.40. The predicted octanol–water partition coefficient (Wildman–Crippen LogP) is 2.95. The van der Waals surface area contributed by atoms with Gasteiger partial charge in [0.25, 0.3) is 0 Å². The van der Waals surface area contributed by atoms with Crippen molar-refractivity contribution in [2.24, 2.45) is 11.8 Å². The number of ether oxygens (including phenoxy) is 4. The summed E-state index contributed by atoms with van der Waals surface area (Å²) in [4.78, 5) is 44.6. The molecule has 0 N–H and O–H groups in total. The second kappa shape index (κ2) is 8.75. The van der Waals surface area contributed by atoms with Crippen molar-refractivity contribution < 1.29 is 55.7 Å². The Morgan fingerprint density at radius 3 is 2.09 bits per heavy atom. The standard InChI is InChI=1S/C11H14F2O4.C10H12F2O4/c1-10-5-6(8(14)17-10)3-4-7(10)16-9(15)11(2,12)13;1-10(11,12)9(14)16-6-3-2-5-4-7(6)15-8(5)13/h6-7H,3-5H2,1-2H3;5-7H,2-4H2,1H3. The second-order valence-electron chi connectivity index (χ2n) is 9.31. The monoisotopic (exact) mass is 482 g/mol. The zero-order valence-electron chi connectivity index (χ0n) is 18.4. The van der Waals surface area contributed by atoms with Crippen LogP contribution in [0.3, 0.4) is 0 Å². The number of rotatable bonds is 4. The molecule has 0 amide bonds. The summed E-state index contributed by atoms with van der Waals surface area (Å²) in [6.45, 7) is 2.60. The molecule has 4 rings (SSSR count). The van der Waals surface area contributed by atoms with Gasteiger partial charge in [0.2, 0.25) is 0 Å². The van der Waals surface area contributed by atoms with E-state index in [1.807, 2.05) is 0 Å². The highest BCUT2D eigenvalue weighted by molar-refractivity contribution is 5.79. The van der Waals surface area contributed by atoms with E-state index in [1.54, 1.807) is 6.92 Å². The molecule has 0 radical (unpaired) electrons. The summed E-state index contributed by atoms with van der Waals surface area (Å²) in [6.07, 6.45) is 0.689. The first-order valence-electron chi connectivity index (χ1n) is 10.7. The summed E-state index contributed by atoms with van der Waals surface area (Å²) < 4.78 is 70.2. The van der Waals surface area contributed by atoms with Crippen LogP contribution in [-0.2, 0) is 38.1 Å². The van der Waals surface area contributed by atoms with E-state index in [2.05, 4.69) is 4.74 Å². The van der Waals surface area contributed by atoms with Crippen LogP contribution in [0.25, 0.3) is 0 Å². The molecule has 0 aromatic rings. The van der Waals surface area contributed by atoms with Crippen LogP contribution in [0.1, 0.15) is 59.3 Å². The Morgan fingerprint density at radius 2 is 1.48 bits per heavy atom. The van der Waals surface area contributed by atoms with E-state index in [0.29, 0.717) is 52.4 Å². The first-order chi connectivity index (χ1) is 15.1. The number of halogens is 4. The van der Waals surface area contributed by atoms with Crippen LogP contribution in [0.2, 0.25) is 0 Å². The minimum absolute atomic E-state index is 0.151. The van der Waals surface area contributed by atoms with Crippen LogP contribution >= 0.6 is 0 Å². The fourth-order valence-electron chi connectivity index (χ4n) is 4.48. The maximum atomic E-state index is 12.7. The highest BCUT2D eigenvalue weighted by Crippen LogP contribution is 2.44. The topological polar surface area (TPSA) is 105 Å². The minimum atomic E-state index is -3.52. The molecule has 4 bridgehead atoms. The molecule has 2 aliphatic carbocycles. The smallest absolute Gasteiger partial charge is 0.377 e. The second-order valence-corrected chi connectivity index (χ2v) is 9.31. The van der Waals surface area contributed by atoms with E-state index in [-0.39, 0.29) is 23.8 Å². The summed E-state index contributed by atoms with van der Waals surface area (Å²) in [6, 6.07) is 0. The first-order valence-corrected chi connectivity index (χ1v) is 10.7. The van der Waals surface area contributed by atoms with Crippen molar-refractivity contribution in [2.75, 3.05) is 0 Å². The van der Waals surface area contributed by atoms with E-state index >= 15 is 0 Å². The summed E-state index contributed by atoms with van der Waals surface area (Å²) >= 11 is 0. The predicted molar refractivity (Wildman–Crippen MR) is 100 cm³/mol. The number of alkyl halides is 4. The van der Waals surface area contributed by atoms with Gasteiger partial charge in [0.1, 0.15) is 23.9 Å². The number of carbonyl (C=O) groups excluding carboxylic acids is 4. The van der Waals surface area contributed by atoms with Gasteiger partial charge in [-0.3, -0.25) is 9.59 Å². The fourth-order valence-corrected chi connectivity index (χ4v) is 4.48. The average Bonchev–Trinajstić information content (AvgIpc) is 3.11. The summed E-state index contributed by atoms with van der Waals surface area (Å²) in [7, 11) is 0. The van der Waals surface area contributed by atoms with Crippen LogP contribution in [0.5, 0.6) is 0 Å². The van der Waals surface area contributed by atoms with Crippen LogP contribution in [0.15, 0.2) is 0 Å². The molecule has 12 heteroatoms. The lowest BCUT2D eigenvalue weighted by molar-refractivity contribution is -0.191. The maximum absolute atomic E-state index is 12.7. The van der Waals surface area contributed by atoms with E-state index < -0.39 is 47.7 Å². The van der Waals surface area contributed by atoms with Crippen LogP contribution in [-0.4, -0.2) is 59.6 Å². The highest BCUT2D eigenvalue weighted by atomic mass is 19.3. The molecule has 2 saturated carbocycles. The van der Waals surface area contributed by atoms with Crippen molar-refractivity contribution in [3.63, 3.8) is 0 Å². The lowest BCUT2D eigenvalue weighted by Gasteiger charge is -2.34. The molecular formula is C21H26F4O8. The maximum Gasteiger partial charge on any atom is 0.377 e. The average molecular weight is 482 g/mol. The van der Waals surface area contributed by atoms with Crippen LogP contribution in [0, 0.1) is 11.8 Å². The van der Waals surface area contributed by atoms with Gasteiger partial charge in [-0.25, -0.2) is 9.59 Å². The van der Waals surface area contributed by atoms with Gasteiger partial charge in [0, 0.05) is 26.7 Å². The molecule has 2 saturated heterocycles. The Morgan fingerprint density at radius 1 is 0.909 bits per heavy atom. The molecular weight excluding hydrogens is 456 g/mol. The lowest BCUT2D eigenvalue weighted by Crippen LogP contribution is -2.46. The fraction of sp³-hybridized carbons (Fsp3) is 0.810. The summed E-state index contributed by atoms with van der Waals surface area (Å²) in [5, 5.41) is 0. The zero-order valence-corrected chi connectivity index (χ0v) is 18.4. The van der Waals surface area contributed by atoms with Gasteiger partial charge >= 0.3 is 35.7 Å².